The number of hydrogen-bond donors (Lipinski definition) is 0. The molecular weight excluding hydrogens is 275 g/mol. The average Bonchev–Trinajstić information content (AvgIpc) is 2.38. The summed E-state index contributed by atoms with van der Waals surface area (Å²) in [6.45, 7) is 3.78. The van der Waals surface area contributed by atoms with Crippen molar-refractivity contribution in [3.8, 4) is 5.75 Å². The van der Waals surface area contributed by atoms with Gasteiger partial charge in [-0.15, -0.1) is 11.6 Å². The Morgan fingerprint density at radius 2 is 1.75 bits per heavy atom. The molecule has 0 aliphatic rings. The van der Waals surface area contributed by atoms with Crippen LogP contribution in [0.15, 0.2) is 36.4 Å². The minimum absolute atomic E-state index is 0.202. The van der Waals surface area contributed by atoms with Crippen LogP contribution >= 0.6 is 11.6 Å². The number of alkyl halides is 1. The van der Waals surface area contributed by atoms with Gasteiger partial charge >= 0.3 is 0 Å². The van der Waals surface area contributed by atoms with Crippen molar-refractivity contribution in [2.24, 2.45) is 0 Å². The van der Waals surface area contributed by atoms with E-state index in [1.807, 2.05) is 38.1 Å². The quantitative estimate of drug-likeness (QED) is 0.723. The van der Waals surface area contributed by atoms with Gasteiger partial charge in [-0.05, 0) is 60.7 Å². The number of rotatable bonds is 4. The highest BCUT2D eigenvalue weighted by molar-refractivity contribution is 6.21. The molecule has 1 atom stereocenters. The molecule has 106 valence electrons. The van der Waals surface area contributed by atoms with E-state index in [0.29, 0.717) is 6.42 Å². The minimum Gasteiger partial charge on any atom is -0.496 e. The highest BCUT2D eigenvalue weighted by Gasteiger charge is 2.17. The van der Waals surface area contributed by atoms with Crippen LogP contribution in [0.25, 0.3) is 0 Å². The van der Waals surface area contributed by atoms with Gasteiger partial charge in [0.2, 0.25) is 0 Å². The highest BCUT2D eigenvalue weighted by atomic mass is 35.5. The molecule has 0 heterocycles. The lowest BCUT2D eigenvalue weighted by molar-refractivity contribution is 0.409. The summed E-state index contributed by atoms with van der Waals surface area (Å²) in [5, 5.41) is -0.202. The number of halogens is 2. The molecule has 0 saturated carbocycles. The van der Waals surface area contributed by atoms with E-state index in [9.17, 15) is 4.39 Å². The van der Waals surface area contributed by atoms with Gasteiger partial charge in [-0.2, -0.15) is 0 Å². The standard InChI is InChI=1S/C17H18ClFO/c1-11-8-14(19)9-12(2)17(11)15(18)10-13-6-4-5-7-16(13)20-3/h4-9,15H,10H2,1-3H3. The first-order chi connectivity index (χ1) is 9.52. The maximum absolute atomic E-state index is 13.4. The van der Waals surface area contributed by atoms with Gasteiger partial charge in [0.25, 0.3) is 0 Å². The van der Waals surface area contributed by atoms with E-state index in [4.69, 9.17) is 16.3 Å². The molecule has 0 bridgehead atoms. The summed E-state index contributed by atoms with van der Waals surface area (Å²) in [7, 11) is 1.65. The van der Waals surface area contributed by atoms with Crippen LogP contribution in [-0.4, -0.2) is 7.11 Å². The predicted octanol–water partition coefficient (Wildman–Crippen LogP) is 4.97. The first kappa shape index (κ1) is 14.9. The van der Waals surface area contributed by atoms with Crippen LogP contribution < -0.4 is 4.74 Å². The molecule has 0 spiro atoms. The van der Waals surface area contributed by atoms with Crippen molar-refractivity contribution in [1.29, 1.82) is 0 Å². The Kier molecular flexibility index (Phi) is 4.66. The van der Waals surface area contributed by atoms with E-state index in [0.717, 1.165) is 28.0 Å². The summed E-state index contributed by atoms with van der Waals surface area (Å²) in [5.74, 6) is 0.612. The van der Waals surface area contributed by atoms with E-state index >= 15 is 0 Å². The van der Waals surface area contributed by atoms with Crippen LogP contribution in [0.4, 0.5) is 4.39 Å². The zero-order valence-electron chi connectivity index (χ0n) is 11.9. The fourth-order valence-corrected chi connectivity index (χ4v) is 3.09. The monoisotopic (exact) mass is 292 g/mol. The lowest BCUT2D eigenvalue weighted by Crippen LogP contribution is -2.03. The topological polar surface area (TPSA) is 9.23 Å². The lowest BCUT2D eigenvalue weighted by atomic mass is 9.95. The summed E-state index contributed by atoms with van der Waals surface area (Å²) in [5.41, 5.74) is 3.83. The van der Waals surface area contributed by atoms with Crippen molar-refractivity contribution in [2.75, 3.05) is 7.11 Å². The molecule has 0 radical (unpaired) electrons. The van der Waals surface area contributed by atoms with Crippen molar-refractivity contribution >= 4 is 11.6 Å². The average molecular weight is 293 g/mol. The van der Waals surface area contributed by atoms with Crippen LogP contribution in [-0.2, 0) is 6.42 Å². The van der Waals surface area contributed by atoms with Crippen molar-refractivity contribution in [3.05, 3.63) is 64.5 Å². The third-order valence-electron chi connectivity index (χ3n) is 3.46. The van der Waals surface area contributed by atoms with Crippen LogP contribution in [0.1, 0.15) is 27.6 Å². The first-order valence-electron chi connectivity index (χ1n) is 6.55. The molecule has 3 heteroatoms. The molecule has 2 aromatic rings. The fourth-order valence-electron chi connectivity index (χ4n) is 2.58. The van der Waals surface area contributed by atoms with Gasteiger partial charge in [-0.25, -0.2) is 4.39 Å². The molecule has 20 heavy (non-hydrogen) atoms. The summed E-state index contributed by atoms with van der Waals surface area (Å²) in [4.78, 5) is 0. The number of aryl methyl sites for hydroxylation is 2. The maximum atomic E-state index is 13.4. The van der Waals surface area contributed by atoms with Crippen LogP contribution in [0.3, 0.4) is 0 Å². The molecular formula is C17H18ClFO. The molecule has 0 N–H and O–H groups in total. The molecule has 2 rings (SSSR count). The number of methoxy groups -OCH3 is 1. The number of hydrogen-bond acceptors (Lipinski definition) is 1. The van der Waals surface area contributed by atoms with Crippen molar-refractivity contribution < 1.29 is 9.13 Å². The Morgan fingerprint density at radius 1 is 1.15 bits per heavy atom. The zero-order valence-corrected chi connectivity index (χ0v) is 12.7. The summed E-state index contributed by atoms with van der Waals surface area (Å²) >= 11 is 6.55. The van der Waals surface area contributed by atoms with Gasteiger partial charge in [0, 0.05) is 0 Å². The second-order valence-corrected chi connectivity index (χ2v) is 5.46. The van der Waals surface area contributed by atoms with Crippen LogP contribution in [0.2, 0.25) is 0 Å². The molecule has 0 aliphatic carbocycles. The normalized spacial score (nSPS) is 12.2. The molecule has 1 unspecified atom stereocenters. The molecule has 0 aromatic heterocycles. The first-order valence-corrected chi connectivity index (χ1v) is 6.99. The summed E-state index contributed by atoms with van der Waals surface area (Å²) in [6, 6.07) is 10.9. The minimum atomic E-state index is -0.218. The van der Waals surface area contributed by atoms with Gasteiger partial charge in [-0.3, -0.25) is 0 Å². The van der Waals surface area contributed by atoms with Gasteiger partial charge in [-0.1, -0.05) is 18.2 Å². The Hall–Kier alpha value is -1.54. The number of benzene rings is 2. The smallest absolute Gasteiger partial charge is 0.123 e. The summed E-state index contributed by atoms with van der Waals surface area (Å²) in [6.07, 6.45) is 0.652. The van der Waals surface area contributed by atoms with Crippen LogP contribution in [0.5, 0.6) is 5.75 Å². The molecule has 0 aliphatic heterocycles. The van der Waals surface area contributed by atoms with Gasteiger partial charge in [0.1, 0.15) is 11.6 Å². The van der Waals surface area contributed by atoms with E-state index in [1.54, 1.807) is 7.11 Å². The van der Waals surface area contributed by atoms with Crippen molar-refractivity contribution in [3.63, 3.8) is 0 Å². The third kappa shape index (κ3) is 3.13. The Balaban J connectivity index is 2.31. The van der Waals surface area contributed by atoms with Crippen LogP contribution in [0, 0.1) is 19.7 Å². The van der Waals surface area contributed by atoms with E-state index in [2.05, 4.69) is 0 Å². The fraction of sp³-hybridized carbons (Fsp3) is 0.294. The SMILES string of the molecule is COc1ccccc1CC(Cl)c1c(C)cc(F)cc1C. The van der Waals surface area contributed by atoms with Gasteiger partial charge in [0.05, 0.1) is 12.5 Å². The third-order valence-corrected chi connectivity index (χ3v) is 3.84. The summed E-state index contributed by atoms with van der Waals surface area (Å²) < 4.78 is 18.7. The van der Waals surface area contributed by atoms with E-state index in [1.165, 1.54) is 12.1 Å². The highest BCUT2D eigenvalue weighted by Crippen LogP contribution is 2.33. The van der Waals surface area contributed by atoms with E-state index < -0.39 is 0 Å². The predicted molar refractivity (Wildman–Crippen MR) is 81.2 cm³/mol. The number of ether oxygens (including phenoxy) is 1. The van der Waals surface area contributed by atoms with Gasteiger partial charge < -0.3 is 4.74 Å². The van der Waals surface area contributed by atoms with Gasteiger partial charge in [0.15, 0.2) is 0 Å². The molecule has 1 nitrogen and oxygen atoms in total. The Bertz CT molecular complexity index is 587. The maximum Gasteiger partial charge on any atom is 0.123 e. The second kappa shape index (κ2) is 6.27. The Labute approximate surface area is 124 Å². The Morgan fingerprint density at radius 3 is 2.35 bits per heavy atom. The molecule has 0 fully saturated rings. The molecule has 0 saturated heterocycles. The molecule has 0 amide bonds. The second-order valence-electron chi connectivity index (χ2n) is 4.94. The zero-order chi connectivity index (χ0) is 14.7. The lowest BCUT2D eigenvalue weighted by Gasteiger charge is -2.17. The molecule has 2 aromatic carbocycles. The van der Waals surface area contributed by atoms with E-state index in [-0.39, 0.29) is 11.2 Å². The number of para-hydroxylation sites is 1. The largest absolute Gasteiger partial charge is 0.496 e. The van der Waals surface area contributed by atoms with Crippen molar-refractivity contribution in [1.82, 2.24) is 0 Å². The van der Waals surface area contributed by atoms with Crippen molar-refractivity contribution in [2.45, 2.75) is 25.6 Å².